The summed E-state index contributed by atoms with van der Waals surface area (Å²) in [5.41, 5.74) is 3.27. The van der Waals surface area contributed by atoms with Crippen molar-refractivity contribution < 1.29 is 0 Å². The van der Waals surface area contributed by atoms with Crippen molar-refractivity contribution in [1.82, 2.24) is 14.7 Å². The second kappa shape index (κ2) is 7.16. The van der Waals surface area contributed by atoms with Crippen LogP contribution in [0.2, 0.25) is 5.02 Å². The third kappa shape index (κ3) is 3.41. The SMILES string of the molecule is CCN(CC)CCn1nc(-c2ccccc2)c2cc(Cl)ccc21. The van der Waals surface area contributed by atoms with E-state index in [1.165, 1.54) is 0 Å². The van der Waals surface area contributed by atoms with Gasteiger partial charge in [-0.15, -0.1) is 0 Å². The molecule has 1 aromatic heterocycles. The smallest absolute Gasteiger partial charge is 0.100 e. The lowest BCUT2D eigenvalue weighted by atomic mass is 10.1. The van der Waals surface area contributed by atoms with Crippen LogP contribution in [-0.4, -0.2) is 34.3 Å². The fourth-order valence-corrected chi connectivity index (χ4v) is 3.08. The van der Waals surface area contributed by atoms with Gasteiger partial charge in [0.25, 0.3) is 0 Å². The highest BCUT2D eigenvalue weighted by molar-refractivity contribution is 6.31. The molecule has 0 saturated heterocycles. The Morgan fingerprint density at radius 2 is 1.78 bits per heavy atom. The summed E-state index contributed by atoms with van der Waals surface area (Å²) < 4.78 is 2.10. The molecule has 0 fully saturated rings. The van der Waals surface area contributed by atoms with Gasteiger partial charge in [0, 0.05) is 22.5 Å². The predicted molar refractivity (Wildman–Crippen MR) is 98.0 cm³/mol. The molecule has 0 spiro atoms. The van der Waals surface area contributed by atoms with Crippen molar-refractivity contribution in [2.24, 2.45) is 0 Å². The number of halogens is 1. The Hall–Kier alpha value is -1.84. The molecule has 1 heterocycles. The number of hydrogen-bond acceptors (Lipinski definition) is 2. The van der Waals surface area contributed by atoms with Gasteiger partial charge >= 0.3 is 0 Å². The Labute approximate surface area is 142 Å². The maximum atomic E-state index is 6.21. The molecule has 3 rings (SSSR count). The van der Waals surface area contributed by atoms with Gasteiger partial charge in [-0.3, -0.25) is 4.68 Å². The molecule has 0 unspecified atom stereocenters. The highest BCUT2D eigenvalue weighted by Crippen LogP contribution is 2.30. The van der Waals surface area contributed by atoms with Crippen molar-refractivity contribution in [2.45, 2.75) is 20.4 Å². The molecule has 0 amide bonds. The summed E-state index contributed by atoms with van der Waals surface area (Å²) in [6, 6.07) is 16.3. The van der Waals surface area contributed by atoms with Gasteiger partial charge in [0.1, 0.15) is 5.69 Å². The van der Waals surface area contributed by atoms with Gasteiger partial charge in [0.05, 0.1) is 12.1 Å². The maximum absolute atomic E-state index is 6.21. The van der Waals surface area contributed by atoms with Crippen LogP contribution in [-0.2, 0) is 6.54 Å². The number of benzene rings is 2. The van der Waals surface area contributed by atoms with Crippen LogP contribution in [0.4, 0.5) is 0 Å². The van der Waals surface area contributed by atoms with Gasteiger partial charge in [0.15, 0.2) is 0 Å². The average Bonchev–Trinajstić information content (AvgIpc) is 2.94. The Kier molecular flexibility index (Phi) is 4.99. The van der Waals surface area contributed by atoms with E-state index in [0.717, 1.165) is 53.4 Å². The standard InChI is InChI=1S/C19H22ClN3/c1-3-22(4-2)12-13-23-18-11-10-16(20)14-17(18)19(21-23)15-8-6-5-7-9-15/h5-11,14H,3-4,12-13H2,1-2H3. The van der Waals surface area contributed by atoms with E-state index >= 15 is 0 Å². The van der Waals surface area contributed by atoms with Crippen molar-refractivity contribution in [3.05, 3.63) is 53.6 Å². The van der Waals surface area contributed by atoms with E-state index in [1.807, 2.05) is 30.3 Å². The lowest BCUT2D eigenvalue weighted by molar-refractivity contribution is 0.287. The van der Waals surface area contributed by atoms with E-state index in [1.54, 1.807) is 0 Å². The van der Waals surface area contributed by atoms with Gasteiger partial charge in [-0.25, -0.2) is 0 Å². The number of likely N-dealkylation sites (N-methyl/N-ethyl adjacent to an activating group) is 1. The molecular formula is C19H22ClN3. The first-order valence-corrected chi connectivity index (χ1v) is 8.54. The first-order valence-electron chi connectivity index (χ1n) is 8.16. The summed E-state index contributed by atoms with van der Waals surface area (Å²) in [5.74, 6) is 0. The summed E-state index contributed by atoms with van der Waals surface area (Å²) in [6.45, 7) is 8.40. The largest absolute Gasteiger partial charge is 0.302 e. The number of aromatic nitrogens is 2. The number of rotatable bonds is 6. The first-order chi connectivity index (χ1) is 11.2. The summed E-state index contributed by atoms with van der Waals surface area (Å²) in [5, 5.41) is 6.73. The maximum Gasteiger partial charge on any atom is 0.100 e. The Balaban J connectivity index is 2.02. The molecule has 0 atom stereocenters. The van der Waals surface area contributed by atoms with Crippen molar-refractivity contribution >= 4 is 22.5 Å². The molecule has 23 heavy (non-hydrogen) atoms. The summed E-state index contributed by atoms with van der Waals surface area (Å²) in [6.07, 6.45) is 0. The van der Waals surface area contributed by atoms with Crippen LogP contribution in [0.3, 0.4) is 0 Å². The summed E-state index contributed by atoms with van der Waals surface area (Å²) in [7, 11) is 0. The second-order valence-electron chi connectivity index (χ2n) is 5.63. The Bertz CT molecular complexity index is 776. The fourth-order valence-electron chi connectivity index (χ4n) is 2.91. The van der Waals surface area contributed by atoms with Crippen molar-refractivity contribution in [1.29, 1.82) is 0 Å². The van der Waals surface area contributed by atoms with E-state index in [0.29, 0.717) is 0 Å². The normalized spacial score (nSPS) is 11.5. The van der Waals surface area contributed by atoms with Gasteiger partial charge in [-0.05, 0) is 31.3 Å². The molecule has 120 valence electrons. The average molecular weight is 328 g/mol. The molecule has 0 N–H and O–H groups in total. The fraction of sp³-hybridized carbons (Fsp3) is 0.316. The van der Waals surface area contributed by atoms with E-state index < -0.39 is 0 Å². The van der Waals surface area contributed by atoms with Crippen molar-refractivity contribution in [3.8, 4) is 11.3 Å². The third-order valence-electron chi connectivity index (χ3n) is 4.28. The van der Waals surface area contributed by atoms with Crippen LogP contribution in [0.5, 0.6) is 0 Å². The number of fused-ring (bicyclic) bond motifs is 1. The van der Waals surface area contributed by atoms with Crippen LogP contribution in [0.25, 0.3) is 22.2 Å². The van der Waals surface area contributed by atoms with Crippen LogP contribution in [0.1, 0.15) is 13.8 Å². The number of nitrogens with zero attached hydrogens (tertiary/aromatic N) is 3. The lowest BCUT2D eigenvalue weighted by Gasteiger charge is -2.17. The molecule has 0 radical (unpaired) electrons. The molecule has 4 heteroatoms. The van der Waals surface area contributed by atoms with E-state index in [4.69, 9.17) is 16.7 Å². The third-order valence-corrected chi connectivity index (χ3v) is 4.52. The van der Waals surface area contributed by atoms with E-state index in [9.17, 15) is 0 Å². The van der Waals surface area contributed by atoms with Crippen LogP contribution in [0, 0.1) is 0 Å². The van der Waals surface area contributed by atoms with Crippen molar-refractivity contribution in [3.63, 3.8) is 0 Å². The minimum Gasteiger partial charge on any atom is -0.302 e. The molecule has 2 aromatic carbocycles. The lowest BCUT2D eigenvalue weighted by Crippen LogP contribution is -2.27. The topological polar surface area (TPSA) is 21.1 Å². The van der Waals surface area contributed by atoms with Crippen LogP contribution < -0.4 is 0 Å². The first kappa shape index (κ1) is 16.0. The molecular weight excluding hydrogens is 306 g/mol. The monoisotopic (exact) mass is 327 g/mol. The Morgan fingerprint density at radius 1 is 1.04 bits per heavy atom. The molecule has 0 aliphatic carbocycles. The molecule has 0 aliphatic rings. The summed E-state index contributed by atoms with van der Waals surface area (Å²) in [4.78, 5) is 2.41. The quantitative estimate of drug-likeness (QED) is 0.654. The number of hydrogen-bond donors (Lipinski definition) is 0. The summed E-state index contributed by atoms with van der Waals surface area (Å²) >= 11 is 6.21. The van der Waals surface area contributed by atoms with Crippen LogP contribution >= 0.6 is 11.6 Å². The van der Waals surface area contributed by atoms with E-state index in [2.05, 4.69) is 41.6 Å². The molecule has 3 aromatic rings. The zero-order valence-electron chi connectivity index (χ0n) is 13.7. The molecule has 0 bridgehead atoms. The Morgan fingerprint density at radius 3 is 2.48 bits per heavy atom. The highest BCUT2D eigenvalue weighted by Gasteiger charge is 2.13. The molecule has 0 aliphatic heterocycles. The van der Waals surface area contributed by atoms with Gasteiger partial charge in [0.2, 0.25) is 0 Å². The zero-order chi connectivity index (χ0) is 16.2. The highest BCUT2D eigenvalue weighted by atomic mass is 35.5. The second-order valence-corrected chi connectivity index (χ2v) is 6.06. The minimum absolute atomic E-state index is 0.748. The van der Waals surface area contributed by atoms with Gasteiger partial charge in [-0.1, -0.05) is 55.8 Å². The van der Waals surface area contributed by atoms with Gasteiger partial charge < -0.3 is 4.90 Å². The minimum atomic E-state index is 0.748. The van der Waals surface area contributed by atoms with E-state index in [-0.39, 0.29) is 0 Å². The van der Waals surface area contributed by atoms with Crippen molar-refractivity contribution in [2.75, 3.05) is 19.6 Å². The zero-order valence-corrected chi connectivity index (χ0v) is 14.4. The molecule has 3 nitrogen and oxygen atoms in total. The molecule has 0 saturated carbocycles. The predicted octanol–water partition coefficient (Wildman–Crippen LogP) is 4.70. The van der Waals surface area contributed by atoms with Gasteiger partial charge in [-0.2, -0.15) is 5.10 Å². The van der Waals surface area contributed by atoms with Crippen LogP contribution in [0.15, 0.2) is 48.5 Å².